The van der Waals surface area contributed by atoms with Crippen molar-refractivity contribution in [2.24, 2.45) is 0 Å². The van der Waals surface area contributed by atoms with E-state index in [1.165, 1.54) is 6.07 Å². The number of nitrogens with zero attached hydrogens (tertiary/aromatic N) is 1. The van der Waals surface area contributed by atoms with Gasteiger partial charge in [-0.15, -0.1) is 0 Å². The first-order valence-electron chi connectivity index (χ1n) is 7.67. The Morgan fingerprint density at radius 3 is 2.46 bits per heavy atom. The van der Waals surface area contributed by atoms with Crippen LogP contribution in [0.2, 0.25) is 5.02 Å². The minimum atomic E-state index is -4.36. The Morgan fingerprint density at radius 2 is 1.88 bits per heavy atom. The molecule has 0 radical (unpaired) electrons. The van der Waals surface area contributed by atoms with Crippen LogP contribution in [0.1, 0.15) is 39.5 Å². The maximum atomic E-state index is 15.2. The second-order valence-electron chi connectivity index (χ2n) is 6.99. The molecule has 1 aromatic carbocycles. The maximum Gasteiger partial charge on any atom is 0.219 e. The second-order valence-corrected chi connectivity index (χ2v) is 9.55. The van der Waals surface area contributed by atoms with Crippen molar-refractivity contribution >= 4 is 32.5 Å². The van der Waals surface area contributed by atoms with Crippen LogP contribution in [-0.2, 0) is 20.0 Å². The van der Waals surface area contributed by atoms with E-state index in [1.807, 2.05) is 20.8 Å². The van der Waals surface area contributed by atoms with Crippen LogP contribution >= 0.6 is 11.6 Å². The summed E-state index contributed by atoms with van der Waals surface area (Å²) in [6, 6.07) is 2.98. The topological polar surface area (TPSA) is 69.4 Å². The number of halogens is 2. The third-order valence-corrected chi connectivity index (χ3v) is 6.84. The number of hydrogen-bond acceptors (Lipinski definition) is 5. The summed E-state index contributed by atoms with van der Waals surface area (Å²) in [5.74, 6) is 0.371. The van der Waals surface area contributed by atoms with Crippen LogP contribution < -0.4 is 0 Å². The first-order chi connectivity index (χ1) is 11.1. The second kappa shape index (κ2) is 5.68. The Kier molecular flexibility index (Phi) is 4.17. The van der Waals surface area contributed by atoms with E-state index >= 15 is 4.39 Å². The van der Waals surface area contributed by atoms with Gasteiger partial charge in [-0.05, 0) is 12.1 Å². The molecular formula is C16H19ClFNO4S. The van der Waals surface area contributed by atoms with Crippen LogP contribution in [0.25, 0.3) is 11.1 Å². The fourth-order valence-corrected chi connectivity index (χ4v) is 4.88. The zero-order chi connectivity index (χ0) is 17.8. The molecular weight excluding hydrogens is 357 g/mol. The van der Waals surface area contributed by atoms with Crippen LogP contribution in [0.4, 0.5) is 4.39 Å². The summed E-state index contributed by atoms with van der Waals surface area (Å²) in [7, 11) is -4.36. The van der Waals surface area contributed by atoms with E-state index in [2.05, 4.69) is 4.98 Å². The summed E-state index contributed by atoms with van der Waals surface area (Å²) < 4.78 is 52.0. The average molecular weight is 376 g/mol. The molecule has 2 heterocycles. The highest BCUT2D eigenvalue weighted by Crippen LogP contribution is 2.42. The molecule has 0 bridgehead atoms. The summed E-state index contributed by atoms with van der Waals surface area (Å²) in [6.07, 6.45) is -0.468. The van der Waals surface area contributed by atoms with Gasteiger partial charge in [0.05, 0.1) is 18.2 Å². The predicted octanol–water partition coefficient (Wildman–Crippen LogP) is 4.03. The molecule has 0 spiro atoms. The summed E-state index contributed by atoms with van der Waals surface area (Å²) in [5, 5.41) is -2.49. The number of benzene rings is 1. The predicted molar refractivity (Wildman–Crippen MR) is 88.8 cm³/mol. The Balaban J connectivity index is 2.25. The zero-order valence-electron chi connectivity index (χ0n) is 13.7. The average Bonchev–Trinajstić information content (AvgIpc) is 2.91. The normalized spacial score (nSPS) is 18.9. The Hall–Kier alpha value is -1.18. The minimum Gasteiger partial charge on any atom is -0.439 e. The van der Waals surface area contributed by atoms with E-state index in [1.54, 1.807) is 6.07 Å². The molecule has 1 saturated heterocycles. The van der Waals surface area contributed by atoms with E-state index < -0.39 is 20.3 Å². The molecule has 2 aromatic rings. The Labute approximate surface area is 145 Å². The van der Waals surface area contributed by atoms with Crippen LogP contribution in [-0.4, -0.2) is 31.6 Å². The molecule has 1 aliphatic rings. The number of hydrogen-bond donors (Lipinski definition) is 0. The van der Waals surface area contributed by atoms with Gasteiger partial charge in [-0.1, -0.05) is 32.4 Å². The molecule has 24 heavy (non-hydrogen) atoms. The molecule has 5 nitrogen and oxygen atoms in total. The lowest BCUT2D eigenvalue weighted by Crippen LogP contribution is -2.39. The van der Waals surface area contributed by atoms with Crippen molar-refractivity contribution in [1.82, 2.24) is 4.98 Å². The van der Waals surface area contributed by atoms with Gasteiger partial charge in [0.25, 0.3) is 0 Å². The van der Waals surface area contributed by atoms with Crippen molar-refractivity contribution in [3.63, 3.8) is 0 Å². The summed E-state index contributed by atoms with van der Waals surface area (Å²) in [5.41, 5.74) is -0.0620. The highest BCUT2D eigenvalue weighted by Gasteiger charge is 2.48. The van der Waals surface area contributed by atoms with Gasteiger partial charge in [-0.2, -0.15) is 0 Å². The molecule has 1 fully saturated rings. The van der Waals surface area contributed by atoms with Crippen molar-refractivity contribution in [3.05, 3.63) is 23.0 Å². The van der Waals surface area contributed by atoms with Gasteiger partial charge >= 0.3 is 0 Å². The number of rotatable bonds is 2. The number of aromatic nitrogens is 1. The molecule has 1 aliphatic heterocycles. The number of alkyl halides is 1. The molecule has 1 aromatic heterocycles. The molecule has 0 unspecified atom stereocenters. The summed E-state index contributed by atoms with van der Waals surface area (Å²) in [6.45, 7) is 5.77. The highest BCUT2D eigenvalue weighted by atomic mass is 35.5. The molecule has 3 rings (SSSR count). The monoisotopic (exact) mass is 375 g/mol. The number of ether oxygens (including phenoxy) is 1. The first kappa shape index (κ1) is 17.6. The van der Waals surface area contributed by atoms with Gasteiger partial charge in [0.15, 0.2) is 5.58 Å². The lowest BCUT2D eigenvalue weighted by atomic mass is 9.97. The third kappa shape index (κ3) is 2.72. The van der Waals surface area contributed by atoms with Crippen LogP contribution in [0.5, 0.6) is 0 Å². The molecule has 0 saturated carbocycles. The van der Waals surface area contributed by atoms with Gasteiger partial charge in [0.2, 0.25) is 20.7 Å². The third-order valence-electron chi connectivity index (χ3n) is 4.10. The molecule has 0 aliphatic carbocycles. The van der Waals surface area contributed by atoms with Crippen molar-refractivity contribution in [2.75, 3.05) is 13.2 Å². The zero-order valence-corrected chi connectivity index (χ0v) is 15.3. The maximum absolute atomic E-state index is 15.2. The van der Waals surface area contributed by atoms with E-state index in [0.717, 1.165) is 0 Å². The van der Waals surface area contributed by atoms with Gasteiger partial charge in [-0.25, -0.2) is 17.8 Å². The van der Waals surface area contributed by atoms with E-state index in [9.17, 15) is 8.42 Å². The molecule has 132 valence electrons. The molecule has 0 N–H and O–H groups in total. The van der Waals surface area contributed by atoms with Crippen molar-refractivity contribution < 1.29 is 22.0 Å². The van der Waals surface area contributed by atoms with Gasteiger partial charge in [-0.3, -0.25) is 0 Å². The van der Waals surface area contributed by atoms with Crippen LogP contribution in [0.3, 0.4) is 0 Å². The summed E-state index contributed by atoms with van der Waals surface area (Å²) >= 11 is 6.13. The molecule has 8 heteroatoms. The van der Waals surface area contributed by atoms with Crippen molar-refractivity contribution in [3.8, 4) is 0 Å². The van der Waals surface area contributed by atoms with Gasteiger partial charge in [0, 0.05) is 18.3 Å². The number of fused-ring (bicyclic) bond motifs is 1. The van der Waals surface area contributed by atoms with Gasteiger partial charge in [0.1, 0.15) is 10.4 Å². The van der Waals surface area contributed by atoms with Crippen molar-refractivity contribution in [1.29, 1.82) is 0 Å². The molecule has 0 amide bonds. The lowest BCUT2D eigenvalue weighted by molar-refractivity contribution is 0.0323. The molecule has 0 atom stereocenters. The first-order valence-corrected chi connectivity index (χ1v) is 9.53. The number of sulfone groups is 1. The van der Waals surface area contributed by atoms with Crippen molar-refractivity contribution in [2.45, 2.75) is 48.9 Å². The number of oxazole rings is 1. The smallest absolute Gasteiger partial charge is 0.219 e. The summed E-state index contributed by atoms with van der Waals surface area (Å²) in [4.78, 5) is 4.01. The van der Waals surface area contributed by atoms with Gasteiger partial charge < -0.3 is 9.15 Å². The van der Waals surface area contributed by atoms with Crippen LogP contribution in [0.15, 0.2) is 21.4 Å². The van der Waals surface area contributed by atoms with Crippen LogP contribution in [0, 0.1) is 0 Å². The fourth-order valence-electron chi connectivity index (χ4n) is 2.64. The Bertz CT molecular complexity index is 879. The quantitative estimate of drug-likeness (QED) is 0.792. The van der Waals surface area contributed by atoms with E-state index in [-0.39, 0.29) is 41.6 Å². The van der Waals surface area contributed by atoms with E-state index in [0.29, 0.717) is 11.4 Å². The fraction of sp³-hybridized carbons (Fsp3) is 0.562. The highest BCUT2D eigenvalue weighted by molar-refractivity contribution is 7.93. The van der Waals surface area contributed by atoms with E-state index in [4.69, 9.17) is 20.8 Å². The Morgan fingerprint density at radius 1 is 1.25 bits per heavy atom. The minimum absolute atomic E-state index is 0.0101. The largest absolute Gasteiger partial charge is 0.439 e. The standard InChI is InChI=1S/C16H19ClFNO4S/c1-15(2,3)14-19-11-5-4-10(17)13(12(11)23-14)24(20,21)16(18)6-8-22-9-7-16/h4-5H,6-9H2,1-3H3. The SMILES string of the molecule is CC(C)(C)c1nc2ccc(Cl)c(S(=O)(=O)C3(F)CCOCC3)c2o1. The lowest BCUT2D eigenvalue weighted by Gasteiger charge is -2.29.